The molecule has 0 fully saturated rings. The summed E-state index contributed by atoms with van der Waals surface area (Å²) in [6, 6.07) is 3.22. The first-order valence-electron chi connectivity index (χ1n) is 5.77. The fourth-order valence-electron chi connectivity index (χ4n) is 1.34. The van der Waals surface area contributed by atoms with E-state index in [0.29, 0.717) is 4.47 Å². The lowest BCUT2D eigenvalue weighted by Gasteiger charge is -2.17. The van der Waals surface area contributed by atoms with Crippen LogP contribution in [0.5, 0.6) is 0 Å². The number of esters is 1. The maximum Gasteiger partial charge on any atom is 0.416 e. The van der Waals surface area contributed by atoms with Crippen LogP contribution in [0.1, 0.15) is 31.9 Å². The van der Waals surface area contributed by atoms with Crippen LogP contribution in [0, 0.1) is 0 Å². The Hall–Kier alpha value is -1.30. The van der Waals surface area contributed by atoms with Crippen LogP contribution in [-0.4, -0.2) is 11.6 Å². The molecule has 0 unspecified atom stereocenters. The number of carbonyl (C=O) groups excluding carboxylic acids is 1. The third kappa shape index (κ3) is 5.36. The molecule has 0 aliphatic carbocycles. The van der Waals surface area contributed by atoms with Crippen LogP contribution in [-0.2, 0) is 15.7 Å². The summed E-state index contributed by atoms with van der Waals surface area (Å²) < 4.78 is 43.3. The predicted molar refractivity (Wildman–Crippen MR) is 74.0 cm³/mol. The highest BCUT2D eigenvalue weighted by Gasteiger charge is 2.30. The van der Waals surface area contributed by atoms with E-state index < -0.39 is 23.3 Å². The molecule has 0 atom stereocenters. The van der Waals surface area contributed by atoms with Crippen molar-refractivity contribution < 1.29 is 22.7 Å². The molecule has 0 heterocycles. The molecule has 0 saturated heterocycles. The van der Waals surface area contributed by atoms with Gasteiger partial charge < -0.3 is 4.74 Å². The number of benzene rings is 1. The van der Waals surface area contributed by atoms with Crippen LogP contribution in [0.4, 0.5) is 13.2 Å². The lowest BCUT2D eigenvalue weighted by Crippen LogP contribution is -2.22. The SMILES string of the molecule is CC(C)(C)OC(=O)C=Cc1cc(C(F)(F)F)ccc1Br. The number of ether oxygens (including phenoxy) is 1. The van der Waals surface area contributed by atoms with E-state index in [-0.39, 0.29) is 5.56 Å². The molecule has 0 N–H and O–H groups in total. The third-order valence-corrected chi connectivity index (χ3v) is 2.85. The number of rotatable bonds is 2. The van der Waals surface area contributed by atoms with E-state index in [4.69, 9.17) is 4.74 Å². The highest BCUT2D eigenvalue weighted by molar-refractivity contribution is 9.10. The van der Waals surface area contributed by atoms with Gasteiger partial charge in [0.2, 0.25) is 0 Å². The summed E-state index contributed by atoms with van der Waals surface area (Å²) in [5.74, 6) is -0.609. The largest absolute Gasteiger partial charge is 0.457 e. The molecule has 0 saturated carbocycles. The number of halogens is 4. The first kappa shape index (κ1) is 16.8. The van der Waals surface area contributed by atoms with Crippen molar-refractivity contribution in [3.63, 3.8) is 0 Å². The molecule has 0 radical (unpaired) electrons. The molecule has 20 heavy (non-hydrogen) atoms. The van der Waals surface area contributed by atoms with Crippen LogP contribution in [0.3, 0.4) is 0 Å². The van der Waals surface area contributed by atoms with Crippen molar-refractivity contribution >= 4 is 28.0 Å². The van der Waals surface area contributed by atoms with Gasteiger partial charge in [-0.3, -0.25) is 0 Å². The summed E-state index contributed by atoms with van der Waals surface area (Å²) in [7, 11) is 0. The summed E-state index contributed by atoms with van der Waals surface area (Å²) in [4.78, 5) is 11.5. The van der Waals surface area contributed by atoms with Crippen LogP contribution in [0.15, 0.2) is 28.7 Å². The van der Waals surface area contributed by atoms with Gasteiger partial charge in [0, 0.05) is 10.5 Å². The van der Waals surface area contributed by atoms with Gasteiger partial charge in [0.1, 0.15) is 5.60 Å². The van der Waals surface area contributed by atoms with Gasteiger partial charge in [-0.1, -0.05) is 15.9 Å². The van der Waals surface area contributed by atoms with E-state index in [2.05, 4.69) is 15.9 Å². The second-order valence-electron chi connectivity index (χ2n) is 5.10. The molecule has 0 aliphatic heterocycles. The molecule has 1 aromatic rings. The quantitative estimate of drug-likeness (QED) is 0.564. The van der Waals surface area contributed by atoms with Crippen molar-refractivity contribution in [1.29, 1.82) is 0 Å². The van der Waals surface area contributed by atoms with Gasteiger partial charge >= 0.3 is 12.1 Å². The molecule has 0 aromatic heterocycles. The zero-order valence-electron chi connectivity index (χ0n) is 11.2. The maximum absolute atomic E-state index is 12.6. The molecule has 1 aromatic carbocycles. The lowest BCUT2D eigenvalue weighted by atomic mass is 10.1. The summed E-state index contributed by atoms with van der Waals surface area (Å²) in [6.45, 7) is 5.12. The van der Waals surface area contributed by atoms with Gasteiger partial charge in [0.15, 0.2) is 0 Å². The number of hydrogen-bond acceptors (Lipinski definition) is 2. The standard InChI is InChI=1S/C14H14BrF3O2/c1-13(2,3)20-12(19)7-4-9-8-10(14(16,17)18)5-6-11(9)15/h4-8H,1-3H3. The molecule has 0 spiro atoms. The predicted octanol–water partition coefficient (Wildman–Crippen LogP) is 4.82. The Morgan fingerprint density at radius 3 is 2.35 bits per heavy atom. The zero-order valence-corrected chi connectivity index (χ0v) is 12.8. The first-order valence-corrected chi connectivity index (χ1v) is 6.56. The van der Waals surface area contributed by atoms with Gasteiger partial charge in [-0.15, -0.1) is 0 Å². The number of alkyl halides is 3. The Kier molecular flexibility index (Phi) is 5.02. The Bertz CT molecular complexity index is 528. The van der Waals surface area contributed by atoms with E-state index in [1.54, 1.807) is 20.8 Å². The molecule has 0 amide bonds. The number of carbonyl (C=O) groups is 1. The lowest BCUT2D eigenvalue weighted by molar-refractivity contribution is -0.148. The Balaban J connectivity index is 2.95. The Morgan fingerprint density at radius 2 is 1.85 bits per heavy atom. The molecule has 2 nitrogen and oxygen atoms in total. The van der Waals surface area contributed by atoms with Gasteiger partial charge in [-0.25, -0.2) is 4.79 Å². The van der Waals surface area contributed by atoms with E-state index >= 15 is 0 Å². The van der Waals surface area contributed by atoms with Crippen molar-refractivity contribution in [2.24, 2.45) is 0 Å². The smallest absolute Gasteiger partial charge is 0.416 e. The first-order chi connectivity index (χ1) is 8.99. The normalized spacial score (nSPS) is 12.8. The molecule has 0 bridgehead atoms. The van der Waals surface area contributed by atoms with E-state index in [9.17, 15) is 18.0 Å². The van der Waals surface area contributed by atoms with Crippen molar-refractivity contribution in [2.45, 2.75) is 32.5 Å². The van der Waals surface area contributed by atoms with E-state index in [0.717, 1.165) is 18.2 Å². The monoisotopic (exact) mass is 350 g/mol. The third-order valence-electron chi connectivity index (χ3n) is 2.13. The van der Waals surface area contributed by atoms with Crippen molar-refractivity contribution in [3.8, 4) is 0 Å². The molecular weight excluding hydrogens is 337 g/mol. The topological polar surface area (TPSA) is 26.3 Å². The summed E-state index contributed by atoms with van der Waals surface area (Å²) >= 11 is 3.14. The Labute approximate surface area is 123 Å². The number of hydrogen-bond donors (Lipinski definition) is 0. The molecule has 0 aliphatic rings. The molecular formula is C14H14BrF3O2. The minimum atomic E-state index is -4.42. The van der Waals surface area contributed by atoms with Gasteiger partial charge in [0.05, 0.1) is 5.56 Å². The molecule has 1 rings (SSSR count). The summed E-state index contributed by atoms with van der Waals surface area (Å²) in [6.07, 6.45) is -2.03. The average Bonchev–Trinajstić information content (AvgIpc) is 2.24. The Morgan fingerprint density at radius 1 is 1.25 bits per heavy atom. The highest BCUT2D eigenvalue weighted by Crippen LogP contribution is 2.32. The average molecular weight is 351 g/mol. The highest BCUT2D eigenvalue weighted by atomic mass is 79.9. The van der Waals surface area contributed by atoms with Crippen LogP contribution >= 0.6 is 15.9 Å². The van der Waals surface area contributed by atoms with E-state index in [1.807, 2.05) is 0 Å². The second-order valence-corrected chi connectivity index (χ2v) is 5.96. The van der Waals surface area contributed by atoms with Crippen LogP contribution in [0.25, 0.3) is 6.08 Å². The fourth-order valence-corrected chi connectivity index (χ4v) is 1.72. The van der Waals surface area contributed by atoms with Gasteiger partial charge in [-0.05, 0) is 50.6 Å². The fraction of sp³-hybridized carbons (Fsp3) is 0.357. The van der Waals surface area contributed by atoms with Gasteiger partial charge in [0.25, 0.3) is 0 Å². The maximum atomic E-state index is 12.6. The zero-order chi connectivity index (χ0) is 15.6. The van der Waals surface area contributed by atoms with Crippen molar-refractivity contribution in [1.82, 2.24) is 0 Å². The summed E-state index contributed by atoms with van der Waals surface area (Å²) in [5.41, 5.74) is -1.16. The van der Waals surface area contributed by atoms with Crippen LogP contribution in [0.2, 0.25) is 0 Å². The summed E-state index contributed by atoms with van der Waals surface area (Å²) in [5, 5.41) is 0. The molecule has 110 valence electrons. The van der Waals surface area contributed by atoms with E-state index in [1.165, 1.54) is 12.1 Å². The molecule has 6 heteroatoms. The minimum Gasteiger partial charge on any atom is -0.457 e. The van der Waals surface area contributed by atoms with Crippen molar-refractivity contribution in [2.75, 3.05) is 0 Å². The van der Waals surface area contributed by atoms with Gasteiger partial charge in [-0.2, -0.15) is 13.2 Å². The van der Waals surface area contributed by atoms with Crippen molar-refractivity contribution in [3.05, 3.63) is 39.9 Å². The van der Waals surface area contributed by atoms with Crippen LogP contribution < -0.4 is 0 Å². The minimum absolute atomic E-state index is 0.255. The second kappa shape index (κ2) is 5.99.